The maximum Gasteiger partial charge on any atom is 0.434 e. The van der Waals surface area contributed by atoms with E-state index in [2.05, 4.69) is 20.6 Å². The summed E-state index contributed by atoms with van der Waals surface area (Å²) in [5.74, 6) is 0. The smallest absolute Gasteiger partial charge is 0.392 e. The first-order chi connectivity index (χ1) is 14.8. The Morgan fingerprint density at radius 2 is 1.94 bits per heavy atom. The van der Waals surface area contributed by atoms with Crippen molar-refractivity contribution < 1.29 is 28.2 Å². The topological polar surface area (TPSA) is 105 Å². The summed E-state index contributed by atoms with van der Waals surface area (Å²) in [5, 5.41) is 31.1. The molecule has 1 aliphatic heterocycles. The van der Waals surface area contributed by atoms with Crippen molar-refractivity contribution in [2.75, 3.05) is 18.5 Å². The molecule has 31 heavy (non-hydrogen) atoms. The molecule has 4 rings (SSSR count). The fourth-order valence-electron chi connectivity index (χ4n) is 4.28. The third-order valence-corrected chi connectivity index (χ3v) is 6.01. The van der Waals surface area contributed by atoms with Crippen molar-refractivity contribution in [2.24, 2.45) is 5.16 Å². The number of anilines is 1. The largest absolute Gasteiger partial charge is 0.434 e. The maximum atomic E-state index is 14.2. The highest BCUT2D eigenvalue weighted by Gasteiger charge is 2.45. The normalized spacial score (nSPS) is 19.5. The molecule has 3 N–H and O–H groups in total. The van der Waals surface area contributed by atoms with Gasteiger partial charge in [0.15, 0.2) is 16.9 Å². The van der Waals surface area contributed by atoms with Crippen molar-refractivity contribution in [1.82, 2.24) is 14.8 Å². The van der Waals surface area contributed by atoms with Crippen LogP contribution in [0.5, 0.6) is 0 Å². The molecule has 0 bridgehead atoms. The molecule has 2 aliphatic rings. The van der Waals surface area contributed by atoms with Gasteiger partial charge in [-0.3, -0.25) is 0 Å². The van der Waals surface area contributed by atoms with Crippen LogP contribution in [0, 0.1) is 0 Å². The van der Waals surface area contributed by atoms with E-state index in [1.54, 1.807) is 6.92 Å². The van der Waals surface area contributed by atoms with Crippen LogP contribution in [0.25, 0.3) is 11.0 Å². The van der Waals surface area contributed by atoms with Crippen LogP contribution < -0.4 is 5.32 Å². The number of oxime groups is 1. The van der Waals surface area contributed by atoms with Gasteiger partial charge in [0.05, 0.1) is 41.8 Å². The number of fused-ring (bicyclic) bond motifs is 1. The molecule has 11 heteroatoms. The molecular formula is C20H26F3N5O3. The van der Waals surface area contributed by atoms with E-state index < -0.39 is 30.7 Å². The van der Waals surface area contributed by atoms with E-state index in [9.17, 15) is 23.4 Å². The van der Waals surface area contributed by atoms with Gasteiger partial charge < -0.3 is 20.4 Å². The fourth-order valence-corrected chi connectivity index (χ4v) is 4.28. The second kappa shape index (κ2) is 8.27. The molecule has 0 radical (unpaired) electrons. The van der Waals surface area contributed by atoms with Gasteiger partial charge in [-0.25, -0.2) is 9.67 Å². The van der Waals surface area contributed by atoms with Crippen molar-refractivity contribution in [1.29, 1.82) is 0 Å². The van der Waals surface area contributed by atoms with E-state index in [0.29, 0.717) is 11.9 Å². The predicted octanol–water partition coefficient (Wildman–Crippen LogP) is 3.06. The molecule has 1 aliphatic carbocycles. The number of nitrogens with one attached hydrogen (secondary N) is 1. The zero-order chi connectivity index (χ0) is 22.2. The summed E-state index contributed by atoms with van der Waals surface area (Å²) in [6.45, 7) is 1.01. The molecule has 0 atom stereocenters. The van der Waals surface area contributed by atoms with Crippen molar-refractivity contribution in [3.63, 3.8) is 0 Å². The van der Waals surface area contributed by atoms with Crippen LogP contribution in [0.4, 0.5) is 18.9 Å². The molecule has 1 fully saturated rings. The van der Waals surface area contributed by atoms with Crippen LogP contribution in [0.15, 0.2) is 11.4 Å². The summed E-state index contributed by atoms with van der Waals surface area (Å²) < 4.78 is 43.9. The van der Waals surface area contributed by atoms with Gasteiger partial charge in [-0.2, -0.15) is 18.3 Å². The first-order valence-electron chi connectivity index (χ1n) is 10.5. The number of pyridine rings is 1. The molecule has 0 spiro atoms. The number of aromatic nitrogens is 3. The number of aliphatic hydroxyl groups is 2. The summed E-state index contributed by atoms with van der Waals surface area (Å²) >= 11 is 0. The standard InChI is InChI=1S/C20H26F3N5O3/c1-2-28-18-13(9-24-28)16(25-12-6-4-3-5-7-12)15(17(26-18)20(21,22)23)14-8-19(10-29,11-30)31-27-14/h9,12,29-30H,2-8,10-11H2,1H3,(H,25,26). The lowest BCUT2D eigenvalue weighted by Gasteiger charge is -2.27. The average molecular weight is 441 g/mol. The number of nitrogens with zero attached hydrogens (tertiary/aromatic N) is 4. The molecule has 0 unspecified atom stereocenters. The minimum absolute atomic E-state index is 0.00705. The van der Waals surface area contributed by atoms with Crippen molar-refractivity contribution in [2.45, 2.75) is 69.8 Å². The van der Waals surface area contributed by atoms with Gasteiger partial charge in [-0.05, 0) is 19.8 Å². The van der Waals surface area contributed by atoms with Gasteiger partial charge in [0.25, 0.3) is 0 Å². The van der Waals surface area contributed by atoms with Gasteiger partial charge in [-0.1, -0.05) is 24.4 Å². The van der Waals surface area contributed by atoms with Gasteiger partial charge >= 0.3 is 6.18 Å². The first-order valence-corrected chi connectivity index (χ1v) is 10.5. The molecule has 0 saturated heterocycles. The second-order valence-corrected chi connectivity index (χ2v) is 8.19. The van der Waals surface area contributed by atoms with Crippen LogP contribution >= 0.6 is 0 Å². The Hall–Kier alpha value is -2.40. The number of hydrogen-bond donors (Lipinski definition) is 3. The van der Waals surface area contributed by atoms with Crippen LogP contribution in [0.3, 0.4) is 0 Å². The Bertz CT molecular complexity index is 979. The lowest BCUT2D eigenvalue weighted by molar-refractivity contribution is -0.141. The minimum Gasteiger partial charge on any atom is -0.392 e. The van der Waals surface area contributed by atoms with Crippen LogP contribution in [-0.4, -0.2) is 55.5 Å². The minimum atomic E-state index is -4.75. The number of halogens is 3. The lowest BCUT2D eigenvalue weighted by Crippen LogP contribution is -2.38. The van der Waals surface area contributed by atoms with Crippen LogP contribution in [-0.2, 0) is 17.6 Å². The van der Waals surface area contributed by atoms with Crippen molar-refractivity contribution in [3.8, 4) is 0 Å². The Morgan fingerprint density at radius 3 is 2.52 bits per heavy atom. The highest BCUT2D eigenvalue weighted by Crippen LogP contribution is 2.41. The Kier molecular flexibility index (Phi) is 5.82. The number of aliphatic hydroxyl groups excluding tert-OH is 2. The Morgan fingerprint density at radius 1 is 1.23 bits per heavy atom. The molecule has 0 aromatic carbocycles. The van der Waals surface area contributed by atoms with E-state index in [0.717, 1.165) is 32.1 Å². The van der Waals surface area contributed by atoms with E-state index in [1.165, 1.54) is 10.9 Å². The maximum absolute atomic E-state index is 14.2. The third kappa shape index (κ3) is 3.96. The zero-order valence-corrected chi connectivity index (χ0v) is 17.2. The van der Waals surface area contributed by atoms with E-state index in [4.69, 9.17) is 4.84 Å². The first kappa shape index (κ1) is 21.8. The third-order valence-electron chi connectivity index (χ3n) is 6.01. The average Bonchev–Trinajstić information content (AvgIpc) is 3.38. The SMILES string of the molecule is CCn1ncc2c(NC3CCCCC3)c(C3=NOC(CO)(CO)C3)c(C(F)(F)F)nc21. The highest BCUT2D eigenvalue weighted by atomic mass is 19.4. The summed E-state index contributed by atoms with van der Waals surface area (Å²) in [4.78, 5) is 9.15. The summed E-state index contributed by atoms with van der Waals surface area (Å²) in [6.07, 6.45) is 1.42. The monoisotopic (exact) mass is 441 g/mol. The van der Waals surface area contributed by atoms with Gasteiger partial charge in [0.1, 0.15) is 0 Å². The molecule has 3 heterocycles. The predicted molar refractivity (Wildman–Crippen MR) is 108 cm³/mol. The van der Waals surface area contributed by atoms with Crippen molar-refractivity contribution >= 4 is 22.4 Å². The number of hydrogen-bond acceptors (Lipinski definition) is 7. The number of rotatable bonds is 6. The molecular weight excluding hydrogens is 415 g/mol. The fraction of sp³-hybridized carbons (Fsp3) is 0.650. The molecule has 2 aromatic rings. The Labute approximate surface area is 177 Å². The highest BCUT2D eigenvalue weighted by molar-refractivity contribution is 6.12. The molecule has 8 nitrogen and oxygen atoms in total. The van der Waals surface area contributed by atoms with E-state index in [1.807, 2.05) is 0 Å². The quantitative estimate of drug-likeness (QED) is 0.637. The lowest BCUT2D eigenvalue weighted by atomic mass is 9.91. The van der Waals surface area contributed by atoms with Crippen molar-refractivity contribution in [3.05, 3.63) is 17.5 Å². The summed E-state index contributed by atoms with van der Waals surface area (Å²) in [7, 11) is 0. The van der Waals surface area contributed by atoms with Crippen LogP contribution in [0.2, 0.25) is 0 Å². The summed E-state index contributed by atoms with van der Waals surface area (Å²) in [6, 6.07) is 0.0209. The number of alkyl halides is 3. The molecule has 170 valence electrons. The number of aryl methyl sites for hydroxylation is 1. The van der Waals surface area contributed by atoms with Crippen LogP contribution in [0.1, 0.15) is 56.7 Å². The van der Waals surface area contributed by atoms with Gasteiger partial charge in [0.2, 0.25) is 0 Å². The molecule has 2 aromatic heterocycles. The molecule has 0 amide bonds. The van der Waals surface area contributed by atoms with E-state index >= 15 is 0 Å². The second-order valence-electron chi connectivity index (χ2n) is 8.19. The van der Waals surface area contributed by atoms with Gasteiger partial charge in [-0.15, -0.1) is 0 Å². The summed E-state index contributed by atoms with van der Waals surface area (Å²) in [5.41, 5.74) is -2.33. The van der Waals surface area contributed by atoms with E-state index in [-0.39, 0.29) is 35.1 Å². The Balaban J connectivity index is 1.92. The molecule has 1 saturated carbocycles. The zero-order valence-electron chi connectivity index (χ0n) is 17.2. The van der Waals surface area contributed by atoms with Gasteiger partial charge in [0, 0.05) is 19.0 Å².